The van der Waals surface area contributed by atoms with Crippen molar-refractivity contribution in [2.75, 3.05) is 6.61 Å². The minimum Gasteiger partial charge on any atom is -0.460 e. The van der Waals surface area contributed by atoms with Crippen LogP contribution < -0.4 is 0 Å². The van der Waals surface area contributed by atoms with Gasteiger partial charge in [-0.2, -0.15) is 0 Å². The fourth-order valence-electron chi connectivity index (χ4n) is 0.237. The Kier molecular flexibility index (Phi) is 3.62. The van der Waals surface area contributed by atoms with E-state index in [1.54, 1.807) is 0 Å². The SMILES string of the molecule is C[C@@H](O)C(=O)COC=O. The van der Waals surface area contributed by atoms with Crippen LogP contribution in [0.15, 0.2) is 0 Å². The van der Waals surface area contributed by atoms with Crippen molar-refractivity contribution >= 4 is 12.3 Å². The fraction of sp³-hybridized carbons (Fsp3) is 0.600. The summed E-state index contributed by atoms with van der Waals surface area (Å²) in [6.07, 6.45) is -1.05. The summed E-state index contributed by atoms with van der Waals surface area (Å²) in [6, 6.07) is 0. The highest BCUT2D eigenvalue weighted by atomic mass is 16.5. The molecule has 0 unspecified atom stereocenters. The number of ketones is 1. The lowest BCUT2D eigenvalue weighted by Crippen LogP contribution is -2.21. The molecule has 0 aromatic carbocycles. The molecule has 0 bridgehead atoms. The molecule has 0 fully saturated rings. The summed E-state index contributed by atoms with van der Waals surface area (Å²) in [5.74, 6) is -0.498. The van der Waals surface area contributed by atoms with Gasteiger partial charge in [-0.15, -0.1) is 0 Å². The molecule has 0 rings (SSSR count). The summed E-state index contributed by atoms with van der Waals surface area (Å²) in [6.45, 7) is 1.14. The Hall–Kier alpha value is -0.900. The molecule has 4 nitrogen and oxygen atoms in total. The molecule has 1 atom stereocenters. The smallest absolute Gasteiger partial charge is 0.293 e. The second kappa shape index (κ2) is 4.03. The summed E-state index contributed by atoms with van der Waals surface area (Å²) in [7, 11) is 0. The molecule has 0 amide bonds. The van der Waals surface area contributed by atoms with Crippen LogP contribution in [-0.4, -0.2) is 30.1 Å². The Labute approximate surface area is 52.4 Å². The van der Waals surface area contributed by atoms with E-state index in [0.717, 1.165) is 0 Å². The summed E-state index contributed by atoms with van der Waals surface area (Å²) >= 11 is 0. The molecule has 0 aliphatic heterocycles. The second-order valence-corrected chi connectivity index (χ2v) is 1.55. The highest BCUT2D eigenvalue weighted by Gasteiger charge is 2.07. The molecule has 0 heterocycles. The first kappa shape index (κ1) is 8.10. The largest absolute Gasteiger partial charge is 0.460 e. The lowest BCUT2D eigenvalue weighted by atomic mass is 10.3. The number of ether oxygens (including phenoxy) is 1. The third-order valence-corrected chi connectivity index (χ3v) is 0.760. The number of carbonyl (C=O) groups is 2. The van der Waals surface area contributed by atoms with Gasteiger partial charge in [0, 0.05) is 0 Å². The number of carbonyl (C=O) groups excluding carboxylic acids is 2. The minimum atomic E-state index is -1.05. The van der Waals surface area contributed by atoms with Crippen molar-refractivity contribution in [2.24, 2.45) is 0 Å². The third-order valence-electron chi connectivity index (χ3n) is 0.760. The van der Waals surface area contributed by atoms with Gasteiger partial charge in [0.25, 0.3) is 6.47 Å². The Balaban J connectivity index is 3.38. The monoisotopic (exact) mass is 132 g/mol. The number of Topliss-reactive ketones (excluding diaryl/α,β-unsaturated/α-hetero) is 1. The van der Waals surface area contributed by atoms with Gasteiger partial charge in [-0.1, -0.05) is 0 Å². The molecular weight excluding hydrogens is 124 g/mol. The molecule has 0 radical (unpaired) electrons. The first-order valence-electron chi connectivity index (χ1n) is 2.44. The lowest BCUT2D eigenvalue weighted by molar-refractivity contribution is -0.139. The van der Waals surface area contributed by atoms with Gasteiger partial charge in [-0.3, -0.25) is 9.59 Å². The third kappa shape index (κ3) is 3.66. The van der Waals surface area contributed by atoms with Crippen molar-refractivity contribution in [3.8, 4) is 0 Å². The van der Waals surface area contributed by atoms with E-state index >= 15 is 0 Å². The Bertz CT molecular complexity index is 108. The summed E-state index contributed by atoms with van der Waals surface area (Å²) in [5.41, 5.74) is 0. The average molecular weight is 132 g/mol. The van der Waals surface area contributed by atoms with Gasteiger partial charge in [-0.25, -0.2) is 0 Å². The highest BCUT2D eigenvalue weighted by Crippen LogP contribution is 1.82. The zero-order valence-electron chi connectivity index (χ0n) is 5.03. The minimum absolute atomic E-state index is 0.167. The molecule has 0 spiro atoms. The van der Waals surface area contributed by atoms with E-state index in [1.165, 1.54) is 6.92 Å². The van der Waals surface area contributed by atoms with E-state index in [2.05, 4.69) is 4.74 Å². The van der Waals surface area contributed by atoms with Crippen LogP contribution in [0.25, 0.3) is 0 Å². The molecule has 0 aliphatic rings. The summed E-state index contributed by atoms with van der Waals surface area (Å²) < 4.78 is 4.07. The Morgan fingerprint density at radius 2 is 2.44 bits per heavy atom. The van der Waals surface area contributed by atoms with Crippen LogP contribution in [0.3, 0.4) is 0 Å². The molecule has 1 N–H and O–H groups in total. The Morgan fingerprint density at radius 1 is 1.89 bits per heavy atom. The number of hydrogen-bond donors (Lipinski definition) is 1. The van der Waals surface area contributed by atoms with Gasteiger partial charge in [0.2, 0.25) is 0 Å². The molecule has 0 saturated heterocycles. The van der Waals surface area contributed by atoms with Gasteiger partial charge in [0.15, 0.2) is 12.4 Å². The van der Waals surface area contributed by atoms with Gasteiger partial charge in [0.05, 0.1) is 0 Å². The normalized spacial score (nSPS) is 12.2. The predicted molar refractivity (Wildman–Crippen MR) is 28.7 cm³/mol. The zero-order chi connectivity index (χ0) is 7.28. The maximum atomic E-state index is 10.4. The standard InChI is InChI=1S/C5H8O4/c1-4(7)5(8)2-9-3-6/h3-4,7H,2H2,1H3/t4-/m1/s1. The van der Waals surface area contributed by atoms with E-state index in [0.29, 0.717) is 0 Å². The topological polar surface area (TPSA) is 63.6 Å². The second-order valence-electron chi connectivity index (χ2n) is 1.55. The van der Waals surface area contributed by atoms with Crippen LogP contribution in [0.5, 0.6) is 0 Å². The van der Waals surface area contributed by atoms with Crippen LogP contribution in [0.1, 0.15) is 6.92 Å². The fourth-order valence-corrected chi connectivity index (χ4v) is 0.237. The van der Waals surface area contributed by atoms with Crippen LogP contribution in [-0.2, 0) is 14.3 Å². The van der Waals surface area contributed by atoms with E-state index in [4.69, 9.17) is 5.11 Å². The molecule has 52 valence electrons. The number of rotatable bonds is 4. The van der Waals surface area contributed by atoms with E-state index in [1.807, 2.05) is 0 Å². The van der Waals surface area contributed by atoms with Crippen molar-refractivity contribution in [1.82, 2.24) is 0 Å². The van der Waals surface area contributed by atoms with Crippen molar-refractivity contribution in [3.05, 3.63) is 0 Å². The maximum Gasteiger partial charge on any atom is 0.293 e. The number of hydrogen-bond acceptors (Lipinski definition) is 4. The van der Waals surface area contributed by atoms with Gasteiger partial charge < -0.3 is 9.84 Å². The van der Waals surface area contributed by atoms with Crippen molar-refractivity contribution < 1.29 is 19.4 Å². The van der Waals surface area contributed by atoms with Crippen LogP contribution >= 0.6 is 0 Å². The lowest BCUT2D eigenvalue weighted by Gasteiger charge is -1.99. The van der Waals surface area contributed by atoms with Crippen molar-refractivity contribution in [1.29, 1.82) is 0 Å². The molecule has 0 aromatic heterocycles. The van der Waals surface area contributed by atoms with Gasteiger partial charge in [0.1, 0.15) is 6.10 Å². The van der Waals surface area contributed by atoms with E-state index in [-0.39, 0.29) is 13.1 Å². The zero-order valence-corrected chi connectivity index (χ0v) is 5.03. The quantitative estimate of drug-likeness (QED) is 0.504. The summed E-state index contributed by atoms with van der Waals surface area (Å²) in [4.78, 5) is 19.8. The molecule has 0 aliphatic carbocycles. The van der Waals surface area contributed by atoms with Crippen LogP contribution in [0, 0.1) is 0 Å². The highest BCUT2D eigenvalue weighted by molar-refractivity contribution is 5.84. The number of aliphatic hydroxyl groups is 1. The van der Waals surface area contributed by atoms with Crippen LogP contribution in [0.2, 0.25) is 0 Å². The van der Waals surface area contributed by atoms with Crippen molar-refractivity contribution in [2.45, 2.75) is 13.0 Å². The van der Waals surface area contributed by atoms with Crippen molar-refractivity contribution in [3.63, 3.8) is 0 Å². The number of aliphatic hydroxyl groups excluding tert-OH is 1. The summed E-state index contributed by atoms with van der Waals surface area (Å²) in [5, 5.41) is 8.50. The molecule has 0 aromatic rings. The first-order valence-corrected chi connectivity index (χ1v) is 2.44. The Morgan fingerprint density at radius 3 is 2.78 bits per heavy atom. The maximum absolute atomic E-state index is 10.4. The predicted octanol–water partition coefficient (Wildman–Crippen LogP) is -0.891. The average Bonchev–Trinajstić information content (AvgIpc) is 1.82. The molecule has 9 heavy (non-hydrogen) atoms. The van der Waals surface area contributed by atoms with Crippen LogP contribution in [0.4, 0.5) is 0 Å². The van der Waals surface area contributed by atoms with E-state index < -0.39 is 11.9 Å². The molecular formula is C5H8O4. The van der Waals surface area contributed by atoms with E-state index in [9.17, 15) is 9.59 Å². The molecule has 0 saturated carbocycles. The van der Waals surface area contributed by atoms with Gasteiger partial charge in [-0.05, 0) is 6.92 Å². The first-order chi connectivity index (χ1) is 4.18. The van der Waals surface area contributed by atoms with Gasteiger partial charge >= 0.3 is 0 Å². The molecule has 4 heteroatoms.